The average Bonchev–Trinajstić information content (AvgIpc) is 3.77. The number of hydrogen-bond donors (Lipinski definition) is 0. The fraction of sp³-hybridized carbons (Fsp3) is 0. The van der Waals surface area contributed by atoms with Gasteiger partial charge in [-0.2, -0.15) is 0 Å². The summed E-state index contributed by atoms with van der Waals surface area (Å²) in [5.74, 6) is 0. The van der Waals surface area contributed by atoms with Crippen LogP contribution in [0.25, 0.3) is 105 Å². The summed E-state index contributed by atoms with van der Waals surface area (Å²) in [4.78, 5) is 0. The zero-order valence-corrected chi connectivity index (χ0v) is 32.5. The molecule has 0 aliphatic rings. The van der Waals surface area contributed by atoms with Gasteiger partial charge in [0.25, 0.3) is 0 Å². The van der Waals surface area contributed by atoms with Crippen LogP contribution in [0, 0.1) is 0 Å². The maximum atomic E-state index is 2.44. The molecule has 0 N–H and O–H groups in total. The van der Waals surface area contributed by atoms with E-state index >= 15 is 0 Å². The highest BCUT2D eigenvalue weighted by Gasteiger charge is 2.21. The third kappa shape index (κ3) is 6.12. The molecule has 10 aromatic carbocycles. The maximum Gasteiger partial charge on any atom is 0.0535 e. The van der Waals surface area contributed by atoms with Gasteiger partial charge in [0.05, 0.1) is 11.4 Å². The van der Waals surface area contributed by atoms with E-state index in [1.54, 1.807) is 0 Å². The molecule has 0 saturated carbocycles. The molecule has 1 aromatic heterocycles. The first-order valence-corrected chi connectivity index (χ1v) is 20.3. The van der Waals surface area contributed by atoms with Gasteiger partial charge >= 0.3 is 0 Å². The van der Waals surface area contributed by atoms with Gasteiger partial charge in [-0.15, -0.1) is 0 Å². The Morgan fingerprint density at radius 1 is 0.237 bits per heavy atom. The minimum Gasteiger partial charge on any atom is -0.309 e. The van der Waals surface area contributed by atoms with Gasteiger partial charge in [0.2, 0.25) is 0 Å². The van der Waals surface area contributed by atoms with E-state index in [9.17, 15) is 0 Å². The zero-order valence-electron chi connectivity index (χ0n) is 32.5. The van der Waals surface area contributed by atoms with E-state index in [4.69, 9.17) is 0 Å². The van der Waals surface area contributed by atoms with Crippen molar-refractivity contribution in [2.75, 3.05) is 0 Å². The summed E-state index contributed by atoms with van der Waals surface area (Å²) in [5, 5.41) is 7.37. The fourth-order valence-electron chi connectivity index (χ4n) is 9.10. The first-order chi connectivity index (χ1) is 29.3. The molecule has 0 spiro atoms. The third-order valence-electron chi connectivity index (χ3n) is 11.8. The molecule has 0 atom stereocenters. The van der Waals surface area contributed by atoms with Gasteiger partial charge in [-0.1, -0.05) is 194 Å². The molecule has 59 heavy (non-hydrogen) atoms. The van der Waals surface area contributed by atoms with Gasteiger partial charge in [-0.25, -0.2) is 0 Å². The molecule has 1 heteroatoms. The normalized spacial score (nSPS) is 11.4. The molecule has 0 amide bonds. The van der Waals surface area contributed by atoms with Gasteiger partial charge in [0.1, 0.15) is 0 Å². The van der Waals surface area contributed by atoms with E-state index < -0.39 is 0 Å². The highest BCUT2D eigenvalue weighted by molar-refractivity contribution is 6.24. The van der Waals surface area contributed by atoms with Crippen molar-refractivity contribution >= 4 is 32.3 Å². The van der Waals surface area contributed by atoms with E-state index in [2.05, 4.69) is 241 Å². The van der Waals surface area contributed by atoms with Crippen LogP contribution in [0.1, 0.15) is 0 Å². The number of fused-ring (bicyclic) bond motifs is 3. The lowest BCUT2D eigenvalue weighted by atomic mass is 9.83. The summed E-state index contributed by atoms with van der Waals surface area (Å²) >= 11 is 0. The van der Waals surface area contributed by atoms with Gasteiger partial charge in [0, 0.05) is 5.69 Å². The molecule has 0 bridgehead atoms. The summed E-state index contributed by atoms with van der Waals surface area (Å²) in [6.45, 7) is 0. The van der Waals surface area contributed by atoms with E-state index in [-0.39, 0.29) is 0 Å². The topological polar surface area (TPSA) is 4.93 Å². The molecule has 0 aliphatic carbocycles. The molecule has 0 fully saturated rings. The van der Waals surface area contributed by atoms with E-state index in [0.717, 1.165) is 17.1 Å². The Labute approximate surface area is 344 Å². The van der Waals surface area contributed by atoms with Crippen molar-refractivity contribution in [1.82, 2.24) is 4.57 Å². The van der Waals surface area contributed by atoms with Crippen molar-refractivity contribution in [3.8, 4) is 72.7 Å². The van der Waals surface area contributed by atoms with Crippen molar-refractivity contribution in [2.24, 2.45) is 0 Å². The first kappa shape index (κ1) is 34.5. The molecular formula is C58H39N. The average molecular weight is 750 g/mol. The van der Waals surface area contributed by atoms with Crippen LogP contribution in [0.15, 0.2) is 237 Å². The molecule has 1 heterocycles. The summed E-state index contributed by atoms with van der Waals surface area (Å²) < 4.78 is 2.44. The Kier molecular flexibility index (Phi) is 8.56. The van der Waals surface area contributed by atoms with Gasteiger partial charge < -0.3 is 4.57 Å². The second-order valence-corrected chi connectivity index (χ2v) is 15.3. The molecule has 1 nitrogen and oxygen atoms in total. The Balaban J connectivity index is 1.27. The van der Waals surface area contributed by atoms with Crippen molar-refractivity contribution in [1.29, 1.82) is 0 Å². The lowest BCUT2D eigenvalue weighted by Gasteiger charge is -2.22. The Bertz CT molecular complexity index is 3170. The zero-order chi connectivity index (χ0) is 39.1. The molecule has 0 saturated heterocycles. The van der Waals surface area contributed by atoms with Crippen LogP contribution in [-0.2, 0) is 0 Å². The Morgan fingerprint density at radius 2 is 0.678 bits per heavy atom. The molecule has 11 aromatic rings. The van der Waals surface area contributed by atoms with E-state index in [1.165, 1.54) is 88.0 Å². The lowest BCUT2D eigenvalue weighted by Crippen LogP contribution is -2.00. The van der Waals surface area contributed by atoms with Crippen LogP contribution in [0.2, 0.25) is 0 Å². The van der Waals surface area contributed by atoms with Crippen molar-refractivity contribution in [3.63, 3.8) is 0 Å². The highest BCUT2D eigenvalue weighted by Crippen LogP contribution is 2.47. The predicted octanol–water partition coefficient (Wildman–Crippen LogP) is 15.9. The number of rotatable bonds is 7. The maximum absolute atomic E-state index is 2.44. The van der Waals surface area contributed by atoms with E-state index in [0.29, 0.717) is 0 Å². The second kappa shape index (κ2) is 14.6. The molecule has 276 valence electrons. The van der Waals surface area contributed by atoms with Gasteiger partial charge in [0.15, 0.2) is 0 Å². The minimum absolute atomic E-state index is 1.12. The van der Waals surface area contributed by atoms with Crippen LogP contribution >= 0.6 is 0 Å². The second-order valence-electron chi connectivity index (χ2n) is 15.3. The van der Waals surface area contributed by atoms with Crippen molar-refractivity contribution in [3.05, 3.63) is 237 Å². The Morgan fingerprint density at radius 3 is 1.25 bits per heavy atom. The van der Waals surface area contributed by atoms with Crippen LogP contribution in [0.3, 0.4) is 0 Å². The molecular weight excluding hydrogens is 711 g/mol. The summed E-state index contributed by atoms with van der Waals surface area (Å²) in [6.07, 6.45) is 0. The number of aromatic nitrogens is 1. The van der Waals surface area contributed by atoms with Crippen molar-refractivity contribution in [2.45, 2.75) is 0 Å². The highest BCUT2D eigenvalue weighted by atomic mass is 15.0. The monoisotopic (exact) mass is 749 g/mol. The third-order valence-corrected chi connectivity index (χ3v) is 11.8. The predicted molar refractivity (Wildman–Crippen MR) is 251 cm³/mol. The van der Waals surface area contributed by atoms with Crippen LogP contribution in [-0.4, -0.2) is 4.57 Å². The Hall–Kier alpha value is -7.74. The fourth-order valence-corrected chi connectivity index (χ4v) is 9.10. The standard InChI is InChI=1S/C58H39N/c1-5-18-40(19-6-1)45-36-46(41-20-7-2-8-21-41)38-47(37-45)57-51-29-15-16-30-52(51)58(50-31-17-27-42-22-13-14-28-49(42)50)54-39-48(32-33-53(54)57)59-55(43-23-9-3-10-24-43)34-35-56(59)44-25-11-4-12-26-44/h1-39H. The van der Waals surface area contributed by atoms with E-state index in [1.807, 2.05) is 0 Å². The minimum atomic E-state index is 1.12. The summed E-state index contributed by atoms with van der Waals surface area (Å²) in [5.41, 5.74) is 15.5. The quantitative estimate of drug-likeness (QED) is 0.143. The molecule has 11 rings (SSSR count). The molecule has 0 radical (unpaired) electrons. The van der Waals surface area contributed by atoms with Gasteiger partial charge in [-0.05, 0) is 130 Å². The summed E-state index contributed by atoms with van der Waals surface area (Å²) in [6, 6.07) is 86.4. The SMILES string of the molecule is c1ccc(-c2cc(-c3ccccc3)cc(-c3c4ccccc4c(-c4cccc5ccccc45)c4cc(-n5c(-c6ccccc6)ccc5-c5ccccc5)ccc34)c2)cc1. The molecule has 0 aliphatic heterocycles. The van der Waals surface area contributed by atoms with Crippen molar-refractivity contribution < 1.29 is 0 Å². The van der Waals surface area contributed by atoms with Crippen LogP contribution in [0.4, 0.5) is 0 Å². The smallest absolute Gasteiger partial charge is 0.0535 e. The van der Waals surface area contributed by atoms with Crippen LogP contribution in [0.5, 0.6) is 0 Å². The number of hydrogen-bond acceptors (Lipinski definition) is 0. The largest absolute Gasteiger partial charge is 0.309 e. The summed E-state index contributed by atoms with van der Waals surface area (Å²) in [7, 11) is 0. The van der Waals surface area contributed by atoms with Crippen LogP contribution < -0.4 is 0 Å². The number of nitrogens with zero attached hydrogens (tertiary/aromatic N) is 1. The molecule has 0 unspecified atom stereocenters. The lowest BCUT2D eigenvalue weighted by molar-refractivity contribution is 1.10. The number of benzene rings is 10. The van der Waals surface area contributed by atoms with Gasteiger partial charge in [-0.3, -0.25) is 0 Å². The first-order valence-electron chi connectivity index (χ1n) is 20.3.